The van der Waals surface area contributed by atoms with Crippen LogP contribution in [0.25, 0.3) is 0 Å². The number of rotatable bonds is 8. The summed E-state index contributed by atoms with van der Waals surface area (Å²) in [6.07, 6.45) is 14.7. The first-order valence-electron chi connectivity index (χ1n) is 15.9. The van der Waals surface area contributed by atoms with E-state index in [4.69, 9.17) is 0 Å². The minimum absolute atomic E-state index is 0.823. The van der Waals surface area contributed by atoms with E-state index < -0.39 is 0 Å². The first kappa shape index (κ1) is 28.5. The fraction of sp³-hybridized carbons (Fsp3) is 1.00. The van der Waals surface area contributed by atoms with Crippen molar-refractivity contribution in [3.8, 4) is 0 Å². The van der Waals surface area contributed by atoms with Crippen LogP contribution in [0.3, 0.4) is 0 Å². The van der Waals surface area contributed by atoms with Crippen LogP contribution >= 0.6 is 0 Å². The molecule has 0 amide bonds. The lowest BCUT2D eigenvalue weighted by molar-refractivity contribution is -1.01. The molecule has 0 aromatic heterocycles. The standard InChI is InChI=1S/C33H64N/c1-11-18-34(31-19-25(8)12-15-28(31)22(2)3,32-20-26(9)13-16-29(32)23(4)5)33-21-27(10)14-17-30(33)24(6)7/h22-33H,11-21H2,1-10H3/q+1. The molecular formula is C33H64N+. The molecule has 3 rings (SSSR count). The van der Waals surface area contributed by atoms with Crippen molar-refractivity contribution in [2.24, 2.45) is 53.3 Å². The summed E-state index contributed by atoms with van der Waals surface area (Å²) < 4.78 is 1.53. The van der Waals surface area contributed by atoms with Crippen molar-refractivity contribution >= 4 is 0 Å². The van der Waals surface area contributed by atoms with Gasteiger partial charge in [0.2, 0.25) is 0 Å². The molecule has 0 aromatic carbocycles. The van der Waals surface area contributed by atoms with E-state index in [2.05, 4.69) is 69.2 Å². The maximum Gasteiger partial charge on any atom is 0.0928 e. The van der Waals surface area contributed by atoms with Gasteiger partial charge in [0.05, 0.1) is 24.7 Å². The van der Waals surface area contributed by atoms with Gasteiger partial charge in [0.25, 0.3) is 0 Å². The summed E-state index contributed by atoms with van der Waals surface area (Å²) in [4.78, 5) is 0. The van der Waals surface area contributed by atoms with Gasteiger partial charge in [-0.1, -0.05) is 69.2 Å². The Morgan fingerprint density at radius 1 is 0.529 bits per heavy atom. The van der Waals surface area contributed by atoms with Gasteiger partial charge < -0.3 is 4.48 Å². The maximum atomic E-state index is 2.59. The molecule has 0 N–H and O–H groups in total. The van der Waals surface area contributed by atoms with Crippen molar-refractivity contribution in [3.63, 3.8) is 0 Å². The van der Waals surface area contributed by atoms with E-state index in [1.165, 1.54) is 75.2 Å². The zero-order valence-corrected chi connectivity index (χ0v) is 25.2. The van der Waals surface area contributed by atoms with E-state index in [0.29, 0.717) is 0 Å². The Kier molecular flexibility index (Phi) is 10.1. The van der Waals surface area contributed by atoms with Crippen molar-refractivity contribution in [2.45, 2.75) is 152 Å². The molecule has 3 fully saturated rings. The molecule has 200 valence electrons. The Balaban J connectivity index is 2.24. The smallest absolute Gasteiger partial charge is 0.0928 e. The molecule has 0 radical (unpaired) electrons. The van der Waals surface area contributed by atoms with Crippen LogP contribution in [0, 0.1) is 53.3 Å². The summed E-state index contributed by atoms with van der Waals surface area (Å²) in [5.74, 6) is 7.94. The van der Waals surface area contributed by atoms with Crippen molar-refractivity contribution in [3.05, 3.63) is 0 Å². The fourth-order valence-electron chi connectivity index (χ4n) is 9.74. The van der Waals surface area contributed by atoms with Crippen molar-refractivity contribution in [1.29, 1.82) is 0 Å². The molecule has 0 heterocycles. The van der Waals surface area contributed by atoms with Gasteiger partial charge in [-0.25, -0.2) is 0 Å². The van der Waals surface area contributed by atoms with Crippen LogP contribution < -0.4 is 0 Å². The van der Waals surface area contributed by atoms with Gasteiger partial charge in [0.15, 0.2) is 0 Å². The summed E-state index contributed by atoms with van der Waals surface area (Å²) in [6, 6.07) is 2.66. The highest BCUT2D eigenvalue weighted by molar-refractivity contribution is 4.93. The zero-order valence-electron chi connectivity index (χ0n) is 25.2. The molecule has 3 saturated carbocycles. The third kappa shape index (κ3) is 5.75. The first-order chi connectivity index (χ1) is 16.0. The minimum atomic E-state index is 0.823. The number of hydrogen-bond acceptors (Lipinski definition) is 0. The predicted molar refractivity (Wildman–Crippen MR) is 151 cm³/mol. The summed E-state index contributed by atoms with van der Waals surface area (Å²) >= 11 is 0. The lowest BCUT2D eigenvalue weighted by atomic mass is 9.63. The van der Waals surface area contributed by atoms with Crippen LogP contribution in [-0.4, -0.2) is 29.2 Å². The normalized spacial score (nSPS) is 41.7. The topological polar surface area (TPSA) is 0 Å². The molecule has 0 saturated heterocycles. The SMILES string of the molecule is CCC[N+](C1CC(C)CCC1C(C)C)(C1CC(C)CCC1C(C)C)C1CC(C)CCC1C(C)C. The maximum absolute atomic E-state index is 2.59. The Morgan fingerprint density at radius 2 is 0.824 bits per heavy atom. The third-order valence-electron chi connectivity index (χ3n) is 11.4. The van der Waals surface area contributed by atoms with Crippen molar-refractivity contribution in [2.75, 3.05) is 6.54 Å². The van der Waals surface area contributed by atoms with Gasteiger partial charge in [-0.05, 0) is 80.5 Å². The van der Waals surface area contributed by atoms with Crippen LogP contribution in [-0.2, 0) is 0 Å². The van der Waals surface area contributed by atoms with E-state index in [-0.39, 0.29) is 0 Å². The molecule has 3 aliphatic carbocycles. The molecule has 9 atom stereocenters. The monoisotopic (exact) mass is 475 g/mol. The van der Waals surface area contributed by atoms with Crippen LogP contribution in [0.1, 0.15) is 133 Å². The predicted octanol–water partition coefficient (Wildman–Crippen LogP) is 9.60. The quantitative estimate of drug-likeness (QED) is 0.307. The van der Waals surface area contributed by atoms with Gasteiger partial charge in [-0.3, -0.25) is 0 Å². The zero-order chi connectivity index (χ0) is 25.2. The molecule has 0 spiro atoms. The third-order valence-corrected chi connectivity index (χ3v) is 11.4. The van der Waals surface area contributed by atoms with Gasteiger partial charge in [-0.2, -0.15) is 0 Å². The van der Waals surface area contributed by atoms with E-state index >= 15 is 0 Å². The van der Waals surface area contributed by atoms with Crippen molar-refractivity contribution in [1.82, 2.24) is 0 Å². The van der Waals surface area contributed by atoms with Crippen LogP contribution in [0.5, 0.6) is 0 Å². The fourth-order valence-corrected chi connectivity index (χ4v) is 9.74. The van der Waals surface area contributed by atoms with Crippen LogP contribution in [0.4, 0.5) is 0 Å². The van der Waals surface area contributed by atoms with Crippen LogP contribution in [0.15, 0.2) is 0 Å². The Bertz CT molecular complexity index is 527. The largest absolute Gasteiger partial charge is 0.316 e. The second-order valence-electron chi connectivity index (χ2n) is 14.9. The highest BCUT2D eigenvalue weighted by Gasteiger charge is 2.58. The molecular weight excluding hydrogens is 410 g/mol. The lowest BCUT2D eigenvalue weighted by Crippen LogP contribution is -2.74. The average molecular weight is 475 g/mol. The molecule has 1 nitrogen and oxygen atoms in total. The van der Waals surface area contributed by atoms with E-state index in [1.54, 1.807) is 0 Å². The summed E-state index contributed by atoms with van der Waals surface area (Å²) in [6.45, 7) is 27.2. The average Bonchev–Trinajstić information content (AvgIpc) is 2.76. The first-order valence-corrected chi connectivity index (χ1v) is 15.9. The second kappa shape index (κ2) is 12.0. The van der Waals surface area contributed by atoms with Gasteiger partial charge >= 0.3 is 0 Å². The summed E-state index contributed by atoms with van der Waals surface area (Å²) in [5, 5.41) is 0. The number of quaternary nitrogens is 1. The second-order valence-corrected chi connectivity index (χ2v) is 14.9. The molecule has 3 aliphatic rings. The molecule has 0 aliphatic heterocycles. The van der Waals surface area contributed by atoms with Gasteiger partial charge in [0, 0.05) is 37.0 Å². The number of hydrogen-bond donors (Lipinski definition) is 0. The lowest BCUT2D eigenvalue weighted by Gasteiger charge is -2.64. The summed E-state index contributed by atoms with van der Waals surface area (Å²) in [5.41, 5.74) is 0. The van der Waals surface area contributed by atoms with Crippen LogP contribution in [0.2, 0.25) is 0 Å². The number of nitrogens with zero attached hydrogens (tertiary/aromatic N) is 1. The van der Waals surface area contributed by atoms with Gasteiger partial charge in [-0.15, -0.1) is 0 Å². The molecule has 0 bridgehead atoms. The summed E-state index contributed by atoms with van der Waals surface area (Å²) in [7, 11) is 0. The van der Waals surface area contributed by atoms with E-state index in [0.717, 1.165) is 71.4 Å². The molecule has 0 aromatic rings. The molecule has 34 heavy (non-hydrogen) atoms. The van der Waals surface area contributed by atoms with Gasteiger partial charge in [0.1, 0.15) is 0 Å². The Morgan fingerprint density at radius 3 is 1.06 bits per heavy atom. The van der Waals surface area contributed by atoms with Crippen molar-refractivity contribution < 1.29 is 4.48 Å². The van der Waals surface area contributed by atoms with E-state index in [9.17, 15) is 0 Å². The molecule has 9 unspecified atom stereocenters. The highest BCUT2D eigenvalue weighted by atomic mass is 15.4. The van der Waals surface area contributed by atoms with E-state index in [1.807, 2.05) is 0 Å². The highest BCUT2D eigenvalue weighted by Crippen LogP contribution is 2.53. The Labute approximate surface area is 215 Å². The molecule has 1 heteroatoms. The minimum Gasteiger partial charge on any atom is -0.316 e. The Hall–Kier alpha value is -0.0400.